The molecule has 10 heteroatoms. The zero-order valence-corrected chi connectivity index (χ0v) is 15.7. The van der Waals surface area contributed by atoms with Gasteiger partial charge in [-0.3, -0.25) is 9.59 Å². The summed E-state index contributed by atoms with van der Waals surface area (Å²) in [5, 5.41) is 33.8. The fourth-order valence-electron chi connectivity index (χ4n) is 0.714. The number of hydrogen-bond acceptors (Lipinski definition) is 4. The molecule has 0 rings (SSSR count). The van der Waals surface area contributed by atoms with E-state index in [0.29, 0.717) is 0 Å². The van der Waals surface area contributed by atoms with Gasteiger partial charge in [0.25, 0.3) is 0 Å². The second-order valence-corrected chi connectivity index (χ2v) is 2.48. The van der Waals surface area contributed by atoms with Crippen LogP contribution in [0.2, 0.25) is 0 Å². The third kappa shape index (κ3) is 9.57. The first-order valence-electron chi connectivity index (χ1n) is 3.17. The van der Waals surface area contributed by atoms with Crippen LogP contribution in [0.4, 0.5) is 0 Å². The van der Waals surface area contributed by atoms with Crippen LogP contribution in [0, 0.1) is 0 Å². The van der Waals surface area contributed by atoms with Crippen LogP contribution in [-0.4, -0.2) is 43.9 Å². The van der Waals surface area contributed by atoms with Gasteiger partial charge in [0.1, 0.15) is 0 Å². The van der Waals surface area contributed by atoms with Crippen molar-refractivity contribution in [1.29, 1.82) is 0 Å². The quantitative estimate of drug-likeness (QED) is 0.276. The minimum Gasteiger partial charge on any atom is -0.481 e. The maximum Gasteiger partial charge on any atom is 0.336 e. The molecule has 3 radical (unpaired) electrons. The molecule has 0 fully saturated rings. The fourth-order valence-corrected chi connectivity index (χ4v) is 0.714. The van der Waals surface area contributed by atoms with Gasteiger partial charge in [-0.1, -0.05) is 0 Å². The van der Waals surface area contributed by atoms with Gasteiger partial charge < -0.3 is 20.4 Å². The number of carboxylic acids is 3. The molecule has 0 heterocycles. The van der Waals surface area contributed by atoms with Gasteiger partial charge in [-0.05, 0) is 0 Å². The van der Waals surface area contributed by atoms with Crippen molar-refractivity contribution >= 4 is 17.9 Å². The minimum absolute atomic E-state index is 0. The van der Waals surface area contributed by atoms with Gasteiger partial charge in [-0.2, -0.15) is 0 Å². The van der Waals surface area contributed by atoms with Crippen LogP contribution in [0.1, 0.15) is 12.8 Å². The molecule has 0 spiro atoms. The Kier molecular flexibility index (Phi) is 16.6. The molecule has 7 nitrogen and oxygen atoms in total. The summed E-state index contributed by atoms with van der Waals surface area (Å²) in [7, 11) is 0. The topological polar surface area (TPSA) is 132 Å². The van der Waals surface area contributed by atoms with E-state index in [0.717, 1.165) is 0 Å². The first-order valence-corrected chi connectivity index (χ1v) is 3.17. The van der Waals surface area contributed by atoms with E-state index in [4.69, 9.17) is 20.4 Å². The summed E-state index contributed by atoms with van der Waals surface area (Å²) >= 11 is 0. The number of aliphatic hydroxyl groups is 1. The molecule has 0 bridgehead atoms. The van der Waals surface area contributed by atoms with Gasteiger partial charge in [0.15, 0.2) is 5.60 Å². The van der Waals surface area contributed by atoms with Crippen LogP contribution in [0.15, 0.2) is 0 Å². The van der Waals surface area contributed by atoms with E-state index in [1.54, 1.807) is 0 Å². The molecule has 0 aliphatic carbocycles. The minimum atomic E-state index is -2.74. The Bertz CT molecular complexity index is 239. The van der Waals surface area contributed by atoms with Crippen LogP contribution in [-0.2, 0) is 75.7 Å². The van der Waals surface area contributed by atoms with Crippen molar-refractivity contribution in [3.8, 4) is 0 Å². The number of carbonyl (C=O) groups is 3. The van der Waals surface area contributed by atoms with E-state index in [1.165, 1.54) is 0 Å². The molecule has 16 heavy (non-hydrogen) atoms. The summed E-state index contributed by atoms with van der Waals surface area (Å²) in [6, 6.07) is 0. The molecular formula is C6H8O7Re3. The predicted molar refractivity (Wildman–Crippen MR) is 37.1 cm³/mol. The monoisotopic (exact) mass is 753 g/mol. The molecule has 0 aromatic heterocycles. The molecule has 0 aromatic rings. The van der Waals surface area contributed by atoms with E-state index in [1.807, 2.05) is 0 Å². The van der Waals surface area contributed by atoms with Crippen molar-refractivity contribution < 1.29 is 96.1 Å². The van der Waals surface area contributed by atoms with E-state index in [2.05, 4.69) is 0 Å². The van der Waals surface area contributed by atoms with Crippen molar-refractivity contribution in [1.82, 2.24) is 0 Å². The van der Waals surface area contributed by atoms with Crippen molar-refractivity contribution in [3.05, 3.63) is 0 Å². The van der Waals surface area contributed by atoms with Gasteiger partial charge in [-0.15, -0.1) is 0 Å². The summed E-state index contributed by atoms with van der Waals surface area (Å²) in [4.78, 5) is 30.5. The van der Waals surface area contributed by atoms with Crippen LogP contribution in [0.3, 0.4) is 0 Å². The number of aliphatic carboxylic acids is 3. The molecule has 95 valence electrons. The smallest absolute Gasteiger partial charge is 0.336 e. The van der Waals surface area contributed by atoms with E-state index < -0.39 is 36.4 Å². The molecule has 0 atom stereocenters. The summed E-state index contributed by atoms with van der Waals surface area (Å²) < 4.78 is 0. The average molecular weight is 751 g/mol. The third-order valence-electron chi connectivity index (χ3n) is 1.29. The normalized spacial score (nSPS) is 8.81. The standard InChI is InChI=1S/C6H8O7.3Re/c7-3(8)1-6(13,5(11)12)2-4(9)10;;;/h13H,1-2H2,(H,7,8)(H,9,10)(H,11,12);;;. The van der Waals surface area contributed by atoms with Crippen molar-refractivity contribution in [2.75, 3.05) is 0 Å². The van der Waals surface area contributed by atoms with Crippen molar-refractivity contribution in [3.63, 3.8) is 0 Å². The van der Waals surface area contributed by atoms with Crippen molar-refractivity contribution in [2.24, 2.45) is 0 Å². The molecule has 0 saturated heterocycles. The third-order valence-corrected chi connectivity index (χ3v) is 1.29. The van der Waals surface area contributed by atoms with Gasteiger partial charge in [0, 0.05) is 61.3 Å². The Balaban J connectivity index is -0.000000240. The van der Waals surface area contributed by atoms with E-state index in [-0.39, 0.29) is 61.3 Å². The van der Waals surface area contributed by atoms with Gasteiger partial charge in [0.05, 0.1) is 12.8 Å². The average Bonchev–Trinajstić information content (AvgIpc) is 1.82. The Morgan fingerprint density at radius 1 is 0.812 bits per heavy atom. The van der Waals surface area contributed by atoms with Crippen LogP contribution < -0.4 is 0 Å². The molecule has 0 aromatic carbocycles. The second kappa shape index (κ2) is 10.5. The molecule has 4 N–H and O–H groups in total. The summed E-state index contributed by atoms with van der Waals surface area (Å²) in [5.41, 5.74) is -2.74. The molecule has 0 amide bonds. The van der Waals surface area contributed by atoms with Gasteiger partial charge in [0.2, 0.25) is 0 Å². The Morgan fingerprint density at radius 3 is 1.19 bits per heavy atom. The number of hydrogen-bond donors (Lipinski definition) is 4. The van der Waals surface area contributed by atoms with E-state index >= 15 is 0 Å². The maximum atomic E-state index is 10.3. The Hall–Kier alpha value is 0.357. The Labute approximate surface area is 132 Å². The van der Waals surface area contributed by atoms with Crippen LogP contribution in [0.5, 0.6) is 0 Å². The second-order valence-electron chi connectivity index (χ2n) is 2.48. The van der Waals surface area contributed by atoms with E-state index in [9.17, 15) is 14.4 Å². The summed E-state index contributed by atoms with van der Waals surface area (Å²) in [5.74, 6) is -5.02. The largest absolute Gasteiger partial charge is 0.481 e. The fraction of sp³-hybridized carbons (Fsp3) is 0.500. The molecule has 0 unspecified atom stereocenters. The zero-order valence-electron chi connectivity index (χ0n) is 7.56. The van der Waals surface area contributed by atoms with Gasteiger partial charge in [-0.25, -0.2) is 4.79 Å². The van der Waals surface area contributed by atoms with Gasteiger partial charge >= 0.3 is 17.9 Å². The molecular weight excluding hydrogens is 743 g/mol. The van der Waals surface area contributed by atoms with Crippen LogP contribution >= 0.6 is 0 Å². The van der Waals surface area contributed by atoms with Crippen LogP contribution in [0.25, 0.3) is 0 Å². The first kappa shape index (κ1) is 25.3. The molecule has 0 saturated carbocycles. The Morgan fingerprint density at radius 2 is 1.06 bits per heavy atom. The summed E-state index contributed by atoms with van der Waals surface area (Å²) in [6.07, 6.45) is -2.29. The SMILES string of the molecule is O=C(O)CC(O)(CC(=O)O)C(=O)O.[Re].[Re].[Re]. The molecule has 0 aliphatic heterocycles. The number of carboxylic acid groups (broad SMARTS) is 3. The van der Waals surface area contributed by atoms with Crippen molar-refractivity contribution in [2.45, 2.75) is 18.4 Å². The molecule has 0 aliphatic rings. The first-order chi connectivity index (χ1) is 5.78. The number of rotatable bonds is 5. The summed E-state index contributed by atoms with van der Waals surface area (Å²) in [6.45, 7) is 0. The predicted octanol–water partition coefficient (Wildman–Crippen LogP) is -1.26. The maximum absolute atomic E-state index is 10.3. The zero-order chi connectivity index (χ0) is 10.6.